The largest absolute Gasteiger partial charge is 0.380 e. The van der Waals surface area contributed by atoms with Gasteiger partial charge in [0.25, 0.3) is 5.69 Å². The molecule has 0 amide bonds. The first-order valence-electron chi connectivity index (χ1n) is 5.41. The molecule has 1 heterocycles. The number of hydrogen-bond acceptors (Lipinski definition) is 6. The summed E-state index contributed by atoms with van der Waals surface area (Å²) in [5.41, 5.74) is 6.00. The van der Waals surface area contributed by atoms with Gasteiger partial charge in [0.15, 0.2) is 5.84 Å². The summed E-state index contributed by atoms with van der Waals surface area (Å²) in [5, 5.41) is 15.7. The van der Waals surface area contributed by atoms with Gasteiger partial charge in [-0.05, 0) is 23.6 Å². The fourth-order valence-corrected chi connectivity index (χ4v) is 1.93. The summed E-state index contributed by atoms with van der Waals surface area (Å²) in [6.45, 7) is 0. The highest BCUT2D eigenvalue weighted by atomic mass is 32.1. The molecule has 0 radical (unpaired) electrons. The number of non-ortho nitro benzene ring substituents is 1. The maximum absolute atomic E-state index is 11.5. The summed E-state index contributed by atoms with van der Waals surface area (Å²) >= 11 is 1.22. The first-order chi connectivity index (χ1) is 9.58. The van der Waals surface area contributed by atoms with Gasteiger partial charge in [0.05, 0.1) is 4.92 Å². The van der Waals surface area contributed by atoms with Gasteiger partial charge < -0.3 is 10.6 Å². The fourth-order valence-electron chi connectivity index (χ4n) is 1.34. The van der Waals surface area contributed by atoms with Crippen LogP contribution in [0, 0.1) is 10.1 Å². The molecule has 8 heteroatoms. The van der Waals surface area contributed by atoms with Crippen molar-refractivity contribution in [3.05, 3.63) is 62.3 Å². The van der Waals surface area contributed by atoms with E-state index in [0.717, 1.165) is 0 Å². The first kappa shape index (κ1) is 13.7. The van der Waals surface area contributed by atoms with Crippen molar-refractivity contribution in [2.45, 2.75) is 0 Å². The molecule has 0 saturated carbocycles. The zero-order valence-electron chi connectivity index (χ0n) is 10.1. The molecule has 2 N–H and O–H groups in total. The van der Waals surface area contributed by atoms with Crippen LogP contribution >= 0.6 is 11.3 Å². The number of oxime groups is 1. The Morgan fingerprint density at radius 3 is 2.55 bits per heavy atom. The molecule has 7 nitrogen and oxygen atoms in total. The number of nitrogens with zero attached hydrogens (tertiary/aromatic N) is 2. The van der Waals surface area contributed by atoms with Crippen LogP contribution in [0.5, 0.6) is 0 Å². The van der Waals surface area contributed by atoms with Crippen LogP contribution in [-0.4, -0.2) is 16.7 Å². The summed E-state index contributed by atoms with van der Waals surface area (Å²) in [6, 6.07) is 8.75. The highest BCUT2D eigenvalue weighted by molar-refractivity contribution is 7.11. The Morgan fingerprint density at radius 1 is 1.30 bits per heavy atom. The molecule has 0 unspecified atom stereocenters. The van der Waals surface area contributed by atoms with Gasteiger partial charge in [-0.1, -0.05) is 11.2 Å². The summed E-state index contributed by atoms with van der Waals surface area (Å²) in [4.78, 5) is 26.6. The van der Waals surface area contributed by atoms with Crippen LogP contribution in [0.1, 0.15) is 15.2 Å². The van der Waals surface area contributed by atoms with Gasteiger partial charge in [0.1, 0.15) is 4.88 Å². The Balaban J connectivity index is 2.06. The fraction of sp³-hybridized carbons (Fsp3) is 0. The van der Waals surface area contributed by atoms with E-state index in [4.69, 9.17) is 5.73 Å². The topological polar surface area (TPSA) is 108 Å². The molecule has 0 aliphatic carbocycles. The maximum Gasteiger partial charge on any atom is 0.375 e. The van der Waals surface area contributed by atoms with Crippen LogP contribution in [0.25, 0.3) is 0 Å². The third-order valence-electron chi connectivity index (χ3n) is 2.32. The van der Waals surface area contributed by atoms with Crippen molar-refractivity contribution in [1.82, 2.24) is 0 Å². The minimum atomic E-state index is -0.607. The van der Waals surface area contributed by atoms with E-state index in [2.05, 4.69) is 9.99 Å². The number of amidine groups is 1. The number of hydrogen-bond donors (Lipinski definition) is 1. The van der Waals surface area contributed by atoms with Crippen molar-refractivity contribution < 1.29 is 14.6 Å². The van der Waals surface area contributed by atoms with Gasteiger partial charge in [-0.3, -0.25) is 10.1 Å². The van der Waals surface area contributed by atoms with Crippen LogP contribution in [-0.2, 0) is 4.84 Å². The molecule has 20 heavy (non-hydrogen) atoms. The summed E-state index contributed by atoms with van der Waals surface area (Å²) in [5.74, 6) is -0.644. The van der Waals surface area contributed by atoms with Crippen LogP contribution < -0.4 is 5.73 Å². The quantitative estimate of drug-likeness (QED) is 0.305. The summed E-state index contributed by atoms with van der Waals surface area (Å²) < 4.78 is 0. The lowest BCUT2D eigenvalue weighted by Crippen LogP contribution is -2.15. The van der Waals surface area contributed by atoms with Crippen molar-refractivity contribution in [3.63, 3.8) is 0 Å². The number of nitro groups is 1. The van der Waals surface area contributed by atoms with Crippen molar-refractivity contribution in [2.24, 2.45) is 10.9 Å². The number of carbonyl (C=O) groups is 1. The Hall–Kier alpha value is -2.74. The number of rotatable bonds is 4. The van der Waals surface area contributed by atoms with Crippen LogP contribution in [0.15, 0.2) is 46.9 Å². The third-order valence-corrected chi connectivity index (χ3v) is 3.17. The van der Waals surface area contributed by atoms with Crippen LogP contribution in [0.2, 0.25) is 0 Å². The molecular formula is C12H9N3O4S. The lowest BCUT2D eigenvalue weighted by Gasteiger charge is -2.00. The second kappa shape index (κ2) is 5.93. The molecule has 2 rings (SSSR count). The molecule has 2 aromatic rings. The minimum absolute atomic E-state index is 0.0372. The Kier molecular flexibility index (Phi) is 4.06. The lowest BCUT2D eigenvalue weighted by atomic mass is 10.2. The average molecular weight is 291 g/mol. The SMILES string of the molecule is N/C(=N/OC(=O)c1cccs1)c1ccc([N+](=O)[O-])cc1. The number of nitro benzene ring substituents is 1. The van der Waals surface area contributed by atoms with E-state index in [0.29, 0.717) is 10.4 Å². The zero-order chi connectivity index (χ0) is 14.5. The molecule has 0 fully saturated rings. The number of carbonyl (C=O) groups excluding carboxylic acids is 1. The van der Waals surface area contributed by atoms with Gasteiger partial charge in [0.2, 0.25) is 0 Å². The highest BCUT2D eigenvalue weighted by Crippen LogP contribution is 2.13. The molecule has 0 spiro atoms. The second-order valence-electron chi connectivity index (χ2n) is 3.64. The van der Waals surface area contributed by atoms with Crippen molar-refractivity contribution in [3.8, 4) is 0 Å². The number of benzene rings is 1. The normalized spacial score (nSPS) is 11.1. The molecule has 0 bridgehead atoms. The van der Waals surface area contributed by atoms with Gasteiger partial charge in [-0.25, -0.2) is 4.79 Å². The van der Waals surface area contributed by atoms with E-state index in [-0.39, 0.29) is 11.5 Å². The van der Waals surface area contributed by atoms with Crippen molar-refractivity contribution in [2.75, 3.05) is 0 Å². The third kappa shape index (κ3) is 3.18. The van der Waals surface area contributed by atoms with Gasteiger partial charge in [0, 0.05) is 17.7 Å². The van der Waals surface area contributed by atoms with Gasteiger partial charge in [-0.15, -0.1) is 11.3 Å². The molecular weight excluding hydrogens is 282 g/mol. The average Bonchev–Trinajstić information content (AvgIpc) is 2.98. The highest BCUT2D eigenvalue weighted by Gasteiger charge is 2.09. The number of nitrogens with two attached hydrogens (primary N) is 1. The van der Waals surface area contributed by atoms with Gasteiger partial charge in [-0.2, -0.15) is 0 Å². The Labute approximate surface area is 117 Å². The molecule has 1 aromatic carbocycles. The molecule has 0 aliphatic heterocycles. The zero-order valence-corrected chi connectivity index (χ0v) is 10.9. The van der Waals surface area contributed by atoms with Crippen LogP contribution in [0.4, 0.5) is 5.69 Å². The molecule has 0 aliphatic rings. The maximum atomic E-state index is 11.5. The van der Waals surface area contributed by atoms with Crippen molar-refractivity contribution >= 4 is 28.8 Å². The predicted molar refractivity (Wildman–Crippen MR) is 73.6 cm³/mol. The van der Waals surface area contributed by atoms with E-state index in [1.807, 2.05) is 0 Å². The van der Waals surface area contributed by atoms with Crippen LogP contribution in [0.3, 0.4) is 0 Å². The smallest absolute Gasteiger partial charge is 0.375 e. The standard InChI is InChI=1S/C12H9N3O4S/c13-11(8-3-5-9(6-4-8)15(17)18)14-19-12(16)10-2-1-7-20-10/h1-7H,(H2,13,14). The monoisotopic (exact) mass is 291 g/mol. The Bertz CT molecular complexity index is 650. The summed E-state index contributed by atoms with van der Waals surface area (Å²) in [6.07, 6.45) is 0. The minimum Gasteiger partial charge on any atom is -0.380 e. The second-order valence-corrected chi connectivity index (χ2v) is 4.58. The lowest BCUT2D eigenvalue weighted by molar-refractivity contribution is -0.384. The summed E-state index contributed by atoms with van der Waals surface area (Å²) in [7, 11) is 0. The van der Waals surface area contributed by atoms with Gasteiger partial charge >= 0.3 is 5.97 Å². The van der Waals surface area contributed by atoms with E-state index < -0.39 is 10.9 Å². The van der Waals surface area contributed by atoms with E-state index in [1.54, 1.807) is 17.5 Å². The Morgan fingerprint density at radius 2 is 2.00 bits per heavy atom. The predicted octanol–water partition coefficient (Wildman–Crippen LogP) is 2.13. The molecule has 0 saturated heterocycles. The molecule has 102 valence electrons. The van der Waals surface area contributed by atoms with E-state index in [1.165, 1.54) is 35.6 Å². The van der Waals surface area contributed by atoms with E-state index >= 15 is 0 Å². The molecule has 0 atom stereocenters. The number of thiophene rings is 1. The first-order valence-corrected chi connectivity index (χ1v) is 6.29. The molecule has 1 aromatic heterocycles. The van der Waals surface area contributed by atoms with E-state index in [9.17, 15) is 14.9 Å². The van der Waals surface area contributed by atoms with Crippen molar-refractivity contribution in [1.29, 1.82) is 0 Å².